The van der Waals surface area contributed by atoms with Crippen molar-refractivity contribution in [2.24, 2.45) is 11.3 Å². The SMILES string of the molecule is CNC(=O)c1ccc(NC(=O)N2C[C@@H]3CCC[C@@]3(C(=O)O)C2)cc1. The first kappa shape index (κ1) is 16.3. The van der Waals surface area contributed by atoms with E-state index in [1.54, 1.807) is 36.2 Å². The Morgan fingerprint density at radius 1 is 1.25 bits per heavy atom. The highest BCUT2D eigenvalue weighted by Crippen LogP contribution is 2.48. The third kappa shape index (κ3) is 2.70. The summed E-state index contributed by atoms with van der Waals surface area (Å²) >= 11 is 0. The molecule has 1 saturated carbocycles. The average molecular weight is 331 g/mol. The number of likely N-dealkylation sites (tertiary alicyclic amines) is 1. The minimum absolute atomic E-state index is 0.0383. The first-order valence-corrected chi connectivity index (χ1v) is 8.08. The molecule has 0 aromatic heterocycles. The van der Waals surface area contributed by atoms with Gasteiger partial charge < -0.3 is 20.6 Å². The van der Waals surface area contributed by atoms with Crippen LogP contribution in [0, 0.1) is 11.3 Å². The van der Waals surface area contributed by atoms with E-state index in [1.165, 1.54) is 0 Å². The largest absolute Gasteiger partial charge is 0.481 e. The van der Waals surface area contributed by atoms with Gasteiger partial charge in [0.05, 0.1) is 5.41 Å². The second-order valence-electron chi connectivity index (χ2n) is 6.52. The molecular weight excluding hydrogens is 310 g/mol. The van der Waals surface area contributed by atoms with E-state index in [0.29, 0.717) is 24.2 Å². The Labute approximate surface area is 140 Å². The predicted octanol–water partition coefficient (Wildman–Crippen LogP) is 1.76. The molecule has 2 fully saturated rings. The van der Waals surface area contributed by atoms with Crippen molar-refractivity contribution in [3.63, 3.8) is 0 Å². The maximum atomic E-state index is 12.4. The van der Waals surface area contributed by atoms with E-state index in [9.17, 15) is 19.5 Å². The van der Waals surface area contributed by atoms with Gasteiger partial charge in [-0.2, -0.15) is 0 Å². The van der Waals surface area contributed by atoms with Gasteiger partial charge in [0.2, 0.25) is 0 Å². The van der Waals surface area contributed by atoms with Gasteiger partial charge in [-0.25, -0.2) is 4.79 Å². The van der Waals surface area contributed by atoms with E-state index in [1.807, 2.05) is 0 Å². The molecule has 2 aliphatic rings. The summed E-state index contributed by atoms with van der Waals surface area (Å²) in [4.78, 5) is 37.2. The maximum absolute atomic E-state index is 12.4. The summed E-state index contributed by atoms with van der Waals surface area (Å²) in [6.07, 6.45) is 2.40. The van der Waals surface area contributed by atoms with Gasteiger partial charge in [-0.05, 0) is 43.0 Å². The predicted molar refractivity (Wildman–Crippen MR) is 87.8 cm³/mol. The first-order valence-electron chi connectivity index (χ1n) is 8.08. The molecule has 1 aliphatic heterocycles. The summed E-state index contributed by atoms with van der Waals surface area (Å²) in [6.45, 7) is 0.740. The van der Waals surface area contributed by atoms with Crippen molar-refractivity contribution in [1.82, 2.24) is 10.2 Å². The van der Waals surface area contributed by atoms with Crippen LogP contribution in [0.3, 0.4) is 0 Å². The highest BCUT2D eigenvalue weighted by Gasteiger charge is 2.55. The van der Waals surface area contributed by atoms with Crippen molar-refractivity contribution in [2.75, 3.05) is 25.5 Å². The zero-order chi connectivity index (χ0) is 17.3. The van der Waals surface area contributed by atoms with E-state index in [0.717, 1.165) is 12.8 Å². The highest BCUT2D eigenvalue weighted by molar-refractivity contribution is 5.95. The average Bonchev–Trinajstić information content (AvgIpc) is 3.13. The van der Waals surface area contributed by atoms with Gasteiger partial charge in [0.15, 0.2) is 0 Å². The molecular formula is C17H21N3O4. The van der Waals surface area contributed by atoms with E-state index < -0.39 is 11.4 Å². The number of benzene rings is 1. The van der Waals surface area contributed by atoms with E-state index in [2.05, 4.69) is 10.6 Å². The summed E-state index contributed by atoms with van der Waals surface area (Å²) in [6, 6.07) is 6.29. The van der Waals surface area contributed by atoms with Crippen LogP contribution in [0.2, 0.25) is 0 Å². The molecule has 1 saturated heterocycles. The van der Waals surface area contributed by atoms with Crippen molar-refractivity contribution in [3.05, 3.63) is 29.8 Å². The summed E-state index contributed by atoms with van der Waals surface area (Å²) in [5.74, 6) is -0.949. The molecule has 7 nitrogen and oxygen atoms in total. The second kappa shape index (κ2) is 6.14. The molecule has 1 aromatic rings. The molecule has 1 heterocycles. The highest BCUT2D eigenvalue weighted by atomic mass is 16.4. The molecule has 0 spiro atoms. The van der Waals surface area contributed by atoms with Crippen molar-refractivity contribution in [1.29, 1.82) is 0 Å². The third-order valence-electron chi connectivity index (χ3n) is 5.21. The Bertz CT molecular complexity index is 673. The second-order valence-corrected chi connectivity index (χ2v) is 6.52. The van der Waals surface area contributed by atoms with Crippen LogP contribution in [-0.2, 0) is 4.79 Å². The Hall–Kier alpha value is -2.57. The van der Waals surface area contributed by atoms with Gasteiger partial charge in [0.1, 0.15) is 0 Å². The lowest BCUT2D eigenvalue weighted by atomic mass is 9.81. The lowest BCUT2D eigenvalue weighted by molar-refractivity contribution is -0.149. The Kier molecular flexibility index (Phi) is 4.17. The Morgan fingerprint density at radius 3 is 2.54 bits per heavy atom. The number of nitrogens with one attached hydrogen (secondary N) is 2. The molecule has 3 rings (SSSR count). The van der Waals surface area contributed by atoms with Crippen LogP contribution in [0.5, 0.6) is 0 Å². The lowest BCUT2D eigenvalue weighted by Crippen LogP contribution is -2.38. The van der Waals surface area contributed by atoms with Crippen LogP contribution in [0.4, 0.5) is 10.5 Å². The molecule has 0 bridgehead atoms. The maximum Gasteiger partial charge on any atom is 0.321 e. The molecule has 128 valence electrons. The summed E-state index contributed by atoms with van der Waals surface area (Å²) in [7, 11) is 1.56. The molecule has 24 heavy (non-hydrogen) atoms. The van der Waals surface area contributed by atoms with Crippen molar-refractivity contribution in [2.45, 2.75) is 19.3 Å². The number of carbonyl (C=O) groups is 3. The van der Waals surface area contributed by atoms with Crippen molar-refractivity contribution < 1.29 is 19.5 Å². The van der Waals surface area contributed by atoms with Gasteiger partial charge in [-0.1, -0.05) is 6.42 Å². The molecule has 1 aromatic carbocycles. The molecule has 3 N–H and O–H groups in total. The zero-order valence-corrected chi connectivity index (χ0v) is 13.5. The van der Waals surface area contributed by atoms with Gasteiger partial charge in [-0.3, -0.25) is 9.59 Å². The minimum atomic E-state index is -0.796. The monoisotopic (exact) mass is 331 g/mol. The van der Waals surface area contributed by atoms with Crippen LogP contribution in [0.25, 0.3) is 0 Å². The standard InChI is InChI=1S/C17H21N3O4/c1-18-14(21)11-4-6-13(7-5-11)19-16(24)20-9-12-3-2-8-17(12,10-20)15(22)23/h4-7,12H,2-3,8-10H2,1H3,(H,18,21)(H,19,24)(H,22,23)/t12-,17+/m0/s1. The van der Waals surface area contributed by atoms with Crippen LogP contribution in [0.15, 0.2) is 24.3 Å². The normalized spacial score (nSPS) is 25.2. The molecule has 3 amide bonds. The van der Waals surface area contributed by atoms with E-state index in [-0.39, 0.29) is 24.4 Å². The van der Waals surface area contributed by atoms with Gasteiger partial charge in [0.25, 0.3) is 5.91 Å². The van der Waals surface area contributed by atoms with Crippen LogP contribution in [-0.4, -0.2) is 48.1 Å². The number of aliphatic carboxylic acids is 1. The molecule has 2 atom stereocenters. The fourth-order valence-electron chi connectivity index (χ4n) is 3.85. The quantitative estimate of drug-likeness (QED) is 0.786. The number of urea groups is 1. The number of nitrogens with zero attached hydrogens (tertiary/aromatic N) is 1. The number of carboxylic acids is 1. The minimum Gasteiger partial charge on any atom is -0.481 e. The number of hydrogen-bond acceptors (Lipinski definition) is 3. The smallest absolute Gasteiger partial charge is 0.321 e. The first-order chi connectivity index (χ1) is 11.5. The van der Waals surface area contributed by atoms with Crippen molar-refractivity contribution >= 4 is 23.6 Å². The topological polar surface area (TPSA) is 98.7 Å². The number of fused-ring (bicyclic) bond motifs is 1. The zero-order valence-electron chi connectivity index (χ0n) is 13.5. The number of carboxylic acid groups (broad SMARTS) is 1. The molecule has 1 aliphatic carbocycles. The summed E-state index contributed by atoms with van der Waals surface area (Å²) in [5.41, 5.74) is 0.311. The van der Waals surface area contributed by atoms with E-state index in [4.69, 9.17) is 0 Å². The fraction of sp³-hybridized carbons (Fsp3) is 0.471. The summed E-state index contributed by atoms with van der Waals surface area (Å²) < 4.78 is 0. The third-order valence-corrected chi connectivity index (χ3v) is 5.21. The molecule has 7 heteroatoms. The number of carbonyl (C=O) groups excluding carboxylic acids is 2. The van der Waals surface area contributed by atoms with Crippen LogP contribution in [0.1, 0.15) is 29.6 Å². The summed E-state index contributed by atoms with van der Waals surface area (Å²) in [5, 5.41) is 14.9. The molecule has 0 unspecified atom stereocenters. The number of rotatable bonds is 3. The lowest BCUT2D eigenvalue weighted by Gasteiger charge is -2.23. The van der Waals surface area contributed by atoms with Gasteiger partial charge in [-0.15, -0.1) is 0 Å². The number of hydrogen-bond donors (Lipinski definition) is 3. The molecule has 0 radical (unpaired) electrons. The van der Waals surface area contributed by atoms with Crippen LogP contribution < -0.4 is 10.6 Å². The van der Waals surface area contributed by atoms with Gasteiger partial charge in [0, 0.05) is 31.4 Å². The van der Waals surface area contributed by atoms with Gasteiger partial charge >= 0.3 is 12.0 Å². The Balaban J connectivity index is 1.66. The number of anilines is 1. The number of amides is 3. The van der Waals surface area contributed by atoms with Crippen LogP contribution >= 0.6 is 0 Å². The fourth-order valence-corrected chi connectivity index (χ4v) is 3.85. The Morgan fingerprint density at radius 2 is 1.96 bits per heavy atom. The van der Waals surface area contributed by atoms with Crippen molar-refractivity contribution in [3.8, 4) is 0 Å². The van der Waals surface area contributed by atoms with E-state index >= 15 is 0 Å².